The minimum Gasteiger partial charge on any atom is -0.396 e. The molecule has 0 bridgehead atoms. The van der Waals surface area contributed by atoms with Gasteiger partial charge in [0.2, 0.25) is 5.91 Å². The highest BCUT2D eigenvalue weighted by molar-refractivity contribution is 5.88. The summed E-state index contributed by atoms with van der Waals surface area (Å²) in [6.07, 6.45) is 2.82. The fourth-order valence-electron chi connectivity index (χ4n) is 3.15. The van der Waals surface area contributed by atoms with Crippen LogP contribution in [0.1, 0.15) is 18.4 Å². The molecule has 0 radical (unpaired) electrons. The number of nitrogens with one attached hydrogen (secondary N) is 2. The van der Waals surface area contributed by atoms with Gasteiger partial charge in [0.15, 0.2) is 0 Å². The average molecular weight is 288 g/mol. The molecule has 1 heterocycles. The van der Waals surface area contributed by atoms with Crippen molar-refractivity contribution in [1.29, 1.82) is 0 Å². The third-order valence-corrected chi connectivity index (χ3v) is 4.28. The number of hydrogen-bond acceptors (Lipinski definition) is 3. The van der Waals surface area contributed by atoms with Gasteiger partial charge in [-0.25, -0.2) is 0 Å². The quantitative estimate of drug-likeness (QED) is 0.676. The Morgan fingerprint density at radius 2 is 2.14 bits per heavy atom. The van der Waals surface area contributed by atoms with E-state index in [4.69, 9.17) is 5.11 Å². The number of benzene rings is 1. The number of aromatic nitrogens is 1. The molecule has 0 saturated heterocycles. The van der Waals surface area contributed by atoms with Crippen LogP contribution in [-0.2, 0) is 11.2 Å². The molecule has 1 aliphatic carbocycles. The van der Waals surface area contributed by atoms with Crippen LogP contribution in [0.15, 0.2) is 30.5 Å². The van der Waals surface area contributed by atoms with Gasteiger partial charge in [0.1, 0.15) is 0 Å². The minimum absolute atomic E-state index is 0.0318. The summed E-state index contributed by atoms with van der Waals surface area (Å²) in [4.78, 5) is 15.3. The maximum Gasteiger partial charge on any atom is 0.224 e. The van der Waals surface area contributed by atoms with Crippen molar-refractivity contribution < 1.29 is 15.0 Å². The Kier molecular flexibility index (Phi) is 3.94. The summed E-state index contributed by atoms with van der Waals surface area (Å²) >= 11 is 0. The van der Waals surface area contributed by atoms with E-state index < -0.39 is 6.10 Å². The molecule has 5 heteroatoms. The maximum absolute atomic E-state index is 12.1. The Bertz CT molecular complexity index is 637. The number of fused-ring (bicyclic) bond motifs is 1. The van der Waals surface area contributed by atoms with Gasteiger partial charge < -0.3 is 20.5 Å². The summed E-state index contributed by atoms with van der Waals surface area (Å²) in [7, 11) is 0. The van der Waals surface area contributed by atoms with Crippen LogP contribution in [-0.4, -0.2) is 39.9 Å². The number of carbonyl (C=O) groups is 1. The normalized spacial score (nSPS) is 25.3. The lowest BCUT2D eigenvalue weighted by molar-refractivity contribution is -0.121. The number of aliphatic hydroxyl groups excluding tert-OH is 2. The van der Waals surface area contributed by atoms with E-state index in [-0.39, 0.29) is 24.5 Å². The smallest absolute Gasteiger partial charge is 0.224 e. The molecular weight excluding hydrogens is 268 g/mol. The first kappa shape index (κ1) is 14.1. The van der Waals surface area contributed by atoms with Crippen LogP contribution >= 0.6 is 0 Å². The van der Waals surface area contributed by atoms with E-state index in [0.717, 1.165) is 16.5 Å². The molecule has 3 rings (SSSR count). The lowest BCUT2D eigenvalue weighted by atomic mass is 10.1. The van der Waals surface area contributed by atoms with Crippen LogP contribution in [0.25, 0.3) is 10.9 Å². The van der Waals surface area contributed by atoms with Crippen molar-refractivity contribution in [1.82, 2.24) is 10.3 Å². The van der Waals surface area contributed by atoms with E-state index in [9.17, 15) is 9.90 Å². The Morgan fingerprint density at radius 1 is 1.33 bits per heavy atom. The van der Waals surface area contributed by atoms with Crippen molar-refractivity contribution >= 4 is 16.8 Å². The molecule has 0 unspecified atom stereocenters. The summed E-state index contributed by atoms with van der Waals surface area (Å²) in [5.74, 6) is -0.168. The molecule has 5 nitrogen and oxygen atoms in total. The van der Waals surface area contributed by atoms with Crippen molar-refractivity contribution in [3.05, 3.63) is 36.0 Å². The predicted octanol–water partition coefficient (Wildman–Crippen LogP) is 0.958. The molecule has 21 heavy (non-hydrogen) atoms. The Morgan fingerprint density at radius 3 is 2.90 bits per heavy atom. The summed E-state index contributed by atoms with van der Waals surface area (Å²) < 4.78 is 0. The Balaban J connectivity index is 1.62. The summed E-state index contributed by atoms with van der Waals surface area (Å²) in [6.45, 7) is -0.0318. The molecule has 4 N–H and O–H groups in total. The zero-order valence-corrected chi connectivity index (χ0v) is 11.7. The number of aromatic amines is 1. The second-order valence-electron chi connectivity index (χ2n) is 5.78. The third-order valence-electron chi connectivity index (χ3n) is 4.28. The molecule has 1 fully saturated rings. The number of H-pyrrole nitrogens is 1. The summed E-state index contributed by atoms with van der Waals surface area (Å²) in [5.41, 5.74) is 2.00. The number of rotatable bonds is 4. The Labute approximate surface area is 123 Å². The minimum atomic E-state index is -0.520. The molecule has 112 valence electrons. The van der Waals surface area contributed by atoms with E-state index in [1.165, 1.54) is 0 Å². The molecule has 1 aromatic carbocycles. The molecular formula is C16H20N2O3. The van der Waals surface area contributed by atoms with Gasteiger partial charge in [0, 0.05) is 35.7 Å². The van der Waals surface area contributed by atoms with Crippen LogP contribution in [0.2, 0.25) is 0 Å². The Hall–Kier alpha value is -1.85. The molecule has 2 aromatic rings. The van der Waals surface area contributed by atoms with Gasteiger partial charge in [-0.15, -0.1) is 0 Å². The van der Waals surface area contributed by atoms with Crippen LogP contribution in [0.5, 0.6) is 0 Å². The maximum atomic E-state index is 12.1. The van der Waals surface area contributed by atoms with Crippen LogP contribution in [0.3, 0.4) is 0 Å². The second kappa shape index (κ2) is 5.87. The summed E-state index contributed by atoms with van der Waals surface area (Å²) in [5, 5.41) is 22.9. The van der Waals surface area contributed by atoms with Crippen LogP contribution < -0.4 is 5.32 Å². The van der Waals surface area contributed by atoms with Crippen molar-refractivity contribution in [2.45, 2.75) is 31.4 Å². The van der Waals surface area contributed by atoms with E-state index in [0.29, 0.717) is 19.3 Å². The third kappa shape index (κ3) is 2.94. The van der Waals surface area contributed by atoms with Gasteiger partial charge in [-0.2, -0.15) is 0 Å². The number of hydrogen-bond donors (Lipinski definition) is 4. The van der Waals surface area contributed by atoms with Crippen LogP contribution in [0.4, 0.5) is 0 Å². The molecule has 3 atom stereocenters. The van der Waals surface area contributed by atoms with E-state index in [1.54, 1.807) is 0 Å². The number of para-hydroxylation sites is 1. The molecule has 1 aliphatic rings. The van der Waals surface area contributed by atoms with E-state index in [2.05, 4.69) is 10.3 Å². The molecule has 1 amide bonds. The van der Waals surface area contributed by atoms with Crippen molar-refractivity contribution in [3.63, 3.8) is 0 Å². The number of carbonyl (C=O) groups excluding carboxylic acids is 1. The van der Waals surface area contributed by atoms with Gasteiger partial charge >= 0.3 is 0 Å². The van der Waals surface area contributed by atoms with Crippen LogP contribution in [0, 0.1) is 5.92 Å². The molecule has 1 saturated carbocycles. The lowest BCUT2D eigenvalue weighted by Gasteiger charge is -2.12. The lowest BCUT2D eigenvalue weighted by Crippen LogP contribution is -2.34. The van der Waals surface area contributed by atoms with Gasteiger partial charge in [-0.05, 0) is 24.5 Å². The van der Waals surface area contributed by atoms with Gasteiger partial charge in [0.25, 0.3) is 0 Å². The zero-order valence-electron chi connectivity index (χ0n) is 11.7. The first-order valence-electron chi connectivity index (χ1n) is 7.30. The highest BCUT2D eigenvalue weighted by Gasteiger charge is 2.33. The molecule has 0 spiro atoms. The monoisotopic (exact) mass is 288 g/mol. The standard InChI is InChI=1S/C16H20N2O3/c19-9-11-5-12(7-15(11)20)18-16(21)6-10-8-17-14-4-2-1-3-13(10)14/h1-4,8,11-12,15,17,19-20H,5-7,9H2,(H,18,21)/t11-,12+,15+/m0/s1. The topological polar surface area (TPSA) is 85.4 Å². The number of amides is 1. The first-order valence-corrected chi connectivity index (χ1v) is 7.30. The second-order valence-corrected chi connectivity index (χ2v) is 5.78. The zero-order chi connectivity index (χ0) is 14.8. The van der Waals surface area contributed by atoms with Gasteiger partial charge in [-0.1, -0.05) is 18.2 Å². The summed E-state index contributed by atoms with van der Waals surface area (Å²) in [6, 6.07) is 7.84. The van der Waals surface area contributed by atoms with E-state index in [1.807, 2.05) is 30.5 Å². The fourth-order valence-corrected chi connectivity index (χ4v) is 3.15. The van der Waals surface area contributed by atoms with E-state index >= 15 is 0 Å². The fraction of sp³-hybridized carbons (Fsp3) is 0.438. The molecule has 0 aliphatic heterocycles. The van der Waals surface area contributed by atoms with Crippen molar-refractivity contribution in [2.24, 2.45) is 5.92 Å². The highest BCUT2D eigenvalue weighted by Crippen LogP contribution is 2.26. The van der Waals surface area contributed by atoms with Crippen molar-refractivity contribution in [3.8, 4) is 0 Å². The average Bonchev–Trinajstić information content (AvgIpc) is 3.03. The van der Waals surface area contributed by atoms with Gasteiger partial charge in [-0.3, -0.25) is 4.79 Å². The van der Waals surface area contributed by atoms with Gasteiger partial charge in [0.05, 0.1) is 12.5 Å². The highest BCUT2D eigenvalue weighted by atomic mass is 16.3. The SMILES string of the molecule is O=C(Cc1c[nH]c2ccccc12)N[C@@H]1C[C@@H](CO)[C@H](O)C1. The van der Waals surface area contributed by atoms with Crippen molar-refractivity contribution in [2.75, 3.05) is 6.61 Å². The largest absolute Gasteiger partial charge is 0.396 e. The first-order chi connectivity index (χ1) is 10.2. The molecule has 1 aromatic heterocycles. The predicted molar refractivity (Wildman–Crippen MR) is 79.8 cm³/mol. The number of aliphatic hydroxyl groups is 2.